The molecule has 1 aromatic carbocycles. The number of ether oxygens (including phenoxy) is 1. The largest absolute Gasteiger partial charge is 0.481 e. The second-order valence-electron chi connectivity index (χ2n) is 8.29. The molecule has 2 aromatic rings. The van der Waals surface area contributed by atoms with Crippen LogP contribution in [0.1, 0.15) is 36.5 Å². The van der Waals surface area contributed by atoms with Gasteiger partial charge in [-0.15, -0.1) is 11.3 Å². The third kappa shape index (κ3) is 5.69. The molecular formula is C23H28F3N3O4S. The van der Waals surface area contributed by atoms with Crippen LogP contribution in [0.5, 0.6) is 5.75 Å². The number of thiazole rings is 1. The van der Waals surface area contributed by atoms with Gasteiger partial charge in [0.25, 0.3) is 5.91 Å². The molecule has 11 heteroatoms. The molecule has 1 aromatic heterocycles. The molecule has 2 atom stereocenters. The summed E-state index contributed by atoms with van der Waals surface area (Å²) >= 11 is 0.663. The van der Waals surface area contributed by atoms with Crippen molar-refractivity contribution in [3.8, 4) is 5.75 Å². The lowest BCUT2D eigenvalue weighted by molar-refractivity contribution is -0.268. The Bertz CT molecular complexity index is 1000. The van der Waals surface area contributed by atoms with Gasteiger partial charge >= 0.3 is 6.18 Å². The van der Waals surface area contributed by atoms with Crippen molar-refractivity contribution in [2.24, 2.45) is 0 Å². The first-order chi connectivity index (χ1) is 15.9. The topological polar surface area (TPSA) is 83.0 Å². The number of halogens is 3. The second-order valence-corrected chi connectivity index (χ2v) is 9.15. The van der Waals surface area contributed by atoms with E-state index in [4.69, 9.17) is 4.74 Å². The van der Waals surface area contributed by atoms with Gasteiger partial charge in [-0.1, -0.05) is 19.1 Å². The number of benzene rings is 1. The van der Waals surface area contributed by atoms with Gasteiger partial charge < -0.3 is 19.6 Å². The van der Waals surface area contributed by atoms with Gasteiger partial charge in [-0.2, -0.15) is 13.2 Å². The Morgan fingerprint density at radius 1 is 1.15 bits per heavy atom. The minimum Gasteiger partial charge on any atom is -0.481 e. The molecule has 0 spiro atoms. The van der Waals surface area contributed by atoms with E-state index in [0.29, 0.717) is 22.8 Å². The van der Waals surface area contributed by atoms with Crippen LogP contribution in [0.3, 0.4) is 0 Å². The van der Waals surface area contributed by atoms with E-state index in [0.717, 1.165) is 12.0 Å². The van der Waals surface area contributed by atoms with E-state index in [-0.39, 0.29) is 32.1 Å². The fourth-order valence-electron chi connectivity index (χ4n) is 3.66. The zero-order chi connectivity index (χ0) is 25.1. The number of carbonyl (C=O) groups is 2. The predicted molar refractivity (Wildman–Crippen MR) is 120 cm³/mol. The lowest BCUT2D eigenvalue weighted by Gasteiger charge is -2.37. The first kappa shape index (κ1) is 26.0. The molecule has 1 N–H and O–H groups in total. The molecule has 1 fully saturated rings. The molecule has 2 unspecified atom stereocenters. The second kappa shape index (κ2) is 10.3. The summed E-state index contributed by atoms with van der Waals surface area (Å²) < 4.78 is 46.8. The zero-order valence-electron chi connectivity index (χ0n) is 19.3. The molecule has 186 valence electrons. The maximum absolute atomic E-state index is 13.7. The van der Waals surface area contributed by atoms with E-state index in [1.54, 1.807) is 19.1 Å². The van der Waals surface area contributed by atoms with Crippen LogP contribution in [0.2, 0.25) is 0 Å². The molecular weight excluding hydrogens is 471 g/mol. The molecule has 0 saturated carbocycles. The lowest BCUT2D eigenvalue weighted by Crippen LogP contribution is -2.55. The Labute approximate surface area is 200 Å². The maximum atomic E-state index is 13.7. The summed E-state index contributed by atoms with van der Waals surface area (Å²) in [6.07, 6.45) is -6.09. The number of piperazine rings is 1. The van der Waals surface area contributed by atoms with Gasteiger partial charge in [0, 0.05) is 37.3 Å². The summed E-state index contributed by atoms with van der Waals surface area (Å²) in [4.78, 5) is 31.9. The van der Waals surface area contributed by atoms with E-state index in [1.807, 2.05) is 19.1 Å². The summed E-state index contributed by atoms with van der Waals surface area (Å²) in [6.45, 7) is 5.63. The minimum absolute atomic E-state index is 0.0628. The smallest absolute Gasteiger partial charge is 0.424 e. The van der Waals surface area contributed by atoms with Crippen LogP contribution in [0, 0.1) is 6.92 Å². The molecule has 34 heavy (non-hydrogen) atoms. The molecule has 0 bridgehead atoms. The van der Waals surface area contributed by atoms with Gasteiger partial charge in [0.05, 0.1) is 6.42 Å². The highest BCUT2D eigenvalue weighted by Gasteiger charge is 2.58. The Morgan fingerprint density at radius 2 is 1.74 bits per heavy atom. The Balaban J connectivity index is 1.57. The van der Waals surface area contributed by atoms with Crippen LogP contribution in [-0.4, -0.2) is 70.2 Å². The number of nitrogens with zero attached hydrogens (tertiary/aromatic N) is 3. The highest BCUT2D eigenvalue weighted by Crippen LogP contribution is 2.43. The van der Waals surface area contributed by atoms with Crippen molar-refractivity contribution in [2.45, 2.75) is 51.5 Å². The third-order valence-electron chi connectivity index (χ3n) is 5.79. The van der Waals surface area contributed by atoms with Crippen LogP contribution < -0.4 is 4.74 Å². The summed E-state index contributed by atoms with van der Waals surface area (Å²) in [5.41, 5.74) is -1.87. The van der Waals surface area contributed by atoms with Gasteiger partial charge in [0.2, 0.25) is 11.5 Å². The molecule has 2 heterocycles. The number of aryl methyl sites for hydroxylation is 2. The van der Waals surface area contributed by atoms with E-state index >= 15 is 0 Å². The zero-order valence-corrected chi connectivity index (χ0v) is 20.1. The fraction of sp³-hybridized carbons (Fsp3) is 0.522. The summed E-state index contributed by atoms with van der Waals surface area (Å²) in [5.74, 6) is -0.549. The Hall–Kier alpha value is -2.66. The van der Waals surface area contributed by atoms with E-state index in [2.05, 4.69) is 4.98 Å². The molecule has 2 amide bonds. The average molecular weight is 500 g/mol. The van der Waals surface area contributed by atoms with Crippen molar-refractivity contribution in [2.75, 3.05) is 26.2 Å². The van der Waals surface area contributed by atoms with Crippen molar-refractivity contribution in [1.29, 1.82) is 0 Å². The molecule has 1 aliphatic rings. The quantitative estimate of drug-likeness (QED) is 0.632. The first-order valence-corrected chi connectivity index (χ1v) is 11.9. The number of hydrogen-bond acceptors (Lipinski definition) is 6. The van der Waals surface area contributed by atoms with E-state index in [1.165, 1.54) is 22.1 Å². The predicted octanol–water partition coefficient (Wildman–Crippen LogP) is 3.29. The summed E-state index contributed by atoms with van der Waals surface area (Å²) in [5, 5.41) is 11.2. The molecule has 0 radical (unpaired) electrons. The highest BCUT2D eigenvalue weighted by molar-refractivity contribution is 7.09. The average Bonchev–Trinajstić information content (AvgIpc) is 3.25. The standard InChI is InChI=1S/C23H28F3N3O4S/c1-4-17-5-7-18(8-6-17)33-16(3)20(31)29-11-9-28(10-12-29)19(30)13-22(32,23(24,25)26)21-27-15(2)14-34-21/h5-8,14,16,32H,4,9-13H2,1-3H3. The normalized spacial score (nSPS) is 17.3. The molecule has 3 rings (SSSR count). The Morgan fingerprint density at radius 3 is 2.24 bits per heavy atom. The lowest BCUT2D eigenvalue weighted by atomic mass is 9.98. The first-order valence-electron chi connectivity index (χ1n) is 11.0. The molecule has 0 aliphatic carbocycles. The molecule has 1 saturated heterocycles. The molecule has 1 aliphatic heterocycles. The monoisotopic (exact) mass is 499 g/mol. The SMILES string of the molecule is CCc1ccc(OC(C)C(=O)N2CCN(C(=O)CC(O)(c3nc(C)cs3)C(F)(F)F)CC2)cc1. The third-order valence-corrected chi connectivity index (χ3v) is 6.90. The highest BCUT2D eigenvalue weighted by atomic mass is 32.1. The Kier molecular flexibility index (Phi) is 7.87. The summed E-state index contributed by atoms with van der Waals surface area (Å²) in [6, 6.07) is 7.44. The molecule has 7 nitrogen and oxygen atoms in total. The number of rotatable bonds is 7. The van der Waals surface area contributed by atoms with Crippen molar-refractivity contribution >= 4 is 23.2 Å². The van der Waals surface area contributed by atoms with Gasteiger partial charge in [0.15, 0.2) is 6.10 Å². The van der Waals surface area contributed by atoms with Gasteiger partial charge in [-0.05, 0) is 38.0 Å². The van der Waals surface area contributed by atoms with E-state index in [9.17, 15) is 27.9 Å². The summed E-state index contributed by atoms with van der Waals surface area (Å²) in [7, 11) is 0. The minimum atomic E-state index is -5.06. The maximum Gasteiger partial charge on any atom is 0.424 e. The number of alkyl halides is 3. The van der Waals surface area contributed by atoms with Crippen LogP contribution >= 0.6 is 11.3 Å². The van der Waals surface area contributed by atoms with Crippen molar-refractivity contribution in [3.05, 3.63) is 45.9 Å². The van der Waals surface area contributed by atoms with Crippen LogP contribution in [0.15, 0.2) is 29.6 Å². The number of amides is 2. The van der Waals surface area contributed by atoms with Crippen molar-refractivity contribution < 1.29 is 32.6 Å². The number of aromatic nitrogens is 1. The van der Waals surface area contributed by atoms with Crippen LogP contribution in [0.4, 0.5) is 13.2 Å². The van der Waals surface area contributed by atoms with Crippen LogP contribution in [-0.2, 0) is 21.6 Å². The number of aliphatic hydroxyl groups is 1. The van der Waals surface area contributed by atoms with Gasteiger partial charge in [0.1, 0.15) is 10.8 Å². The fourth-order valence-corrected chi connectivity index (χ4v) is 4.58. The van der Waals surface area contributed by atoms with Gasteiger partial charge in [-0.3, -0.25) is 9.59 Å². The van der Waals surface area contributed by atoms with Crippen molar-refractivity contribution in [3.63, 3.8) is 0 Å². The number of carbonyl (C=O) groups excluding carboxylic acids is 2. The van der Waals surface area contributed by atoms with Crippen LogP contribution in [0.25, 0.3) is 0 Å². The van der Waals surface area contributed by atoms with Gasteiger partial charge in [-0.25, -0.2) is 4.98 Å². The number of hydrogen-bond donors (Lipinski definition) is 1. The van der Waals surface area contributed by atoms with E-state index < -0.39 is 35.2 Å². The van der Waals surface area contributed by atoms with Crippen molar-refractivity contribution in [1.82, 2.24) is 14.8 Å².